The fourth-order valence-electron chi connectivity index (χ4n) is 2.43. The van der Waals surface area contributed by atoms with Gasteiger partial charge in [0.1, 0.15) is 9.84 Å². The van der Waals surface area contributed by atoms with E-state index in [1.165, 1.54) is 30.2 Å². The van der Waals surface area contributed by atoms with Gasteiger partial charge in [-0.15, -0.1) is 0 Å². The minimum Gasteiger partial charge on any atom is -0.314 e. The summed E-state index contributed by atoms with van der Waals surface area (Å²) in [5.74, 6) is 0.682. The average Bonchev–Trinajstić information content (AvgIpc) is 3.18. The second-order valence-corrected chi connectivity index (χ2v) is 8.36. The highest BCUT2D eigenvalue weighted by Crippen LogP contribution is 2.21. The SMILES string of the molecule is Cc1ccccc1CC(CCS(C)(=O)=O)CNC1CC1. The third-order valence-electron chi connectivity index (χ3n) is 3.94. The zero-order chi connectivity index (χ0) is 14.6. The summed E-state index contributed by atoms with van der Waals surface area (Å²) >= 11 is 0. The summed E-state index contributed by atoms with van der Waals surface area (Å²) < 4.78 is 22.8. The molecule has 1 aliphatic rings. The molecule has 1 unspecified atom stereocenters. The largest absolute Gasteiger partial charge is 0.314 e. The van der Waals surface area contributed by atoms with Gasteiger partial charge in [-0.2, -0.15) is 0 Å². The molecule has 1 saturated carbocycles. The maximum Gasteiger partial charge on any atom is 0.147 e. The molecule has 0 heterocycles. The number of nitrogens with one attached hydrogen (secondary N) is 1. The van der Waals surface area contributed by atoms with Gasteiger partial charge in [0.25, 0.3) is 0 Å². The van der Waals surface area contributed by atoms with Crippen molar-refractivity contribution in [3.63, 3.8) is 0 Å². The van der Waals surface area contributed by atoms with E-state index < -0.39 is 9.84 Å². The summed E-state index contributed by atoms with van der Waals surface area (Å²) in [6, 6.07) is 9.06. The summed E-state index contributed by atoms with van der Waals surface area (Å²) in [4.78, 5) is 0. The van der Waals surface area contributed by atoms with Gasteiger partial charge in [0, 0.05) is 12.3 Å². The zero-order valence-electron chi connectivity index (χ0n) is 12.4. The second kappa shape index (κ2) is 6.72. The molecule has 1 atom stereocenters. The Labute approximate surface area is 122 Å². The molecule has 1 fully saturated rings. The summed E-state index contributed by atoms with van der Waals surface area (Å²) in [5, 5.41) is 3.54. The highest BCUT2D eigenvalue weighted by atomic mass is 32.2. The van der Waals surface area contributed by atoms with Crippen LogP contribution in [0.3, 0.4) is 0 Å². The lowest BCUT2D eigenvalue weighted by molar-refractivity contribution is 0.456. The Hall–Kier alpha value is -0.870. The summed E-state index contributed by atoms with van der Waals surface area (Å²) in [6.45, 7) is 3.05. The van der Waals surface area contributed by atoms with Crippen molar-refractivity contribution in [2.75, 3.05) is 18.6 Å². The molecule has 2 rings (SSSR count). The van der Waals surface area contributed by atoms with E-state index in [9.17, 15) is 8.42 Å². The Balaban J connectivity index is 1.95. The van der Waals surface area contributed by atoms with Gasteiger partial charge < -0.3 is 5.32 Å². The predicted octanol–water partition coefficient (Wildman–Crippen LogP) is 2.34. The third kappa shape index (κ3) is 5.63. The Morgan fingerprint density at radius 3 is 2.60 bits per heavy atom. The van der Waals surface area contributed by atoms with Crippen molar-refractivity contribution in [3.05, 3.63) is 35.4 Å². The Morgan fingerprint density at radius 2 is 2.00 bits per heavy atom. The molecule has 0 bridgehead atoms. The van der Waals surface area contributed by atoms with Crippen LogP contribution in [0, 0.1) is 12.8 Å². The maximum atomic E-state index is 11.4. The normalized spacial score (nSPS) is 17.1. The molecule has 0 radical (unpaired) electrons. The van der Waals surface area contributed by atoms with Crippen LogP contribution in [0.25, 0.3) is 0 Å². The van der Waals surface area contributed by atoms with E-state index in [0.29, 0.717) is 12.0 Å². The zero-order valence-corrected chi connectivity index (χ0v) is 13.2. The number of benzene rings is 1. The highest BCUT2D eigenvalue weighted by Gasteiger charge is 2.22. The molecule has 0 amide bonds. The van der Waals surface area contributed by atoms with Gasteiger partial charge in [-0.05, 0) is 56.2 Å². The topological polar surface area (TPSA) is 46.2 Å². The first-order chi connectivity index (χ1) is 9.44. The van der Waals surface area contributed by atoms with E-state index in [1.807, 2.05) is 6.07 Å². The number of hydrogen-bond donors (Lipinski definition) is 1. The molecular weight excluding hydrogens is 270 g/mol. The first kappa shape index (κ1) is 15.5. The number of aryl methyl sites for hydroxylation is 1. The summed E-state index contributed by atoms with van der Waals surface area (Å²) in [5.41, 5.74) is 2.63. The minimum absolute atomic E-state index is 0.288. The lowest BCUT2D eigenvalue weighted by atomic mass is 9.94. The first-order valence-electron chi connectivity index (χ1n) is 7.39. The van der Waals surface area contributed by atoms with Gasteiger partial charge in [-0.1, -0.05) is 24.3 Å². The van der Waals surface area contributed by atoms with Crippen LogP contribution in [0.2, 0.25) is 0 Å². The van der Waals surface area contributed by atoms with Crippen molar-refractivity contribution in [1.82, 2.24) is 5.32 Å². The van der Waals surface area contributed by atoms with E-state index in [1.54, 1.807) is 0 Å². The van der Waals surface area contributed by atoms with Crippen molar-refractivity contribution in [2.24, 2.45) is 5.92 Å². The smallest absolute Gasteiger partial charge is 0.147 e. The number of rotatable bonds is 8. The van der Waals surface area contributed by atoms with Gasteiger partial charge in [0.05, 0.1) is 5.75 Å². The lowest BCUT2D eigenvalue weighted by Gasteiger charge is -2.18. The molecule has 1 N–H and O–H groups in total. The van der Waals surface area contributed by atoms with Crippen LogP contribution in [0.5, 0.6) is 0 Å². The molecule has 20 heavy (non-hydrogen) atoms. The third-order valence-corrected chi connectivity index (χ3v) is 4.92. The molecule has 1 aliphatic carbocycles. The van der Waals surface area contributed by atoms with Crippen molar-refractivity contribution in [1.29, 1.82) is 0 Å². The van der Waals surface area contributed by atoms with Crippen LogP contribution in [-0.2, 0) is 16.3 Å². The minimum atomic E-state index is -2.87. The van der Waals surface area contributed by atoms with Gasteiger partial charge >= 0.3 is 0 Å². The summed E-state index contributed by atoms with van der Waals surface area (Å²) in [7, 11) is -2.87. The Bertz CT molecular complexity index is 535. The molecule has 3 nitrogen and oxygen atoms in total. The lowest BCUT2D eigenvalue weighted by Crippen LogP contribution is -2.27. The first-order valence-corrected chi connectivity index (χ1v) is 9.46. The van der Waals surface area contributed by atoms with Crippen LogP contribution in [0.4, 0.5) is 0 Å². The molecule has 4 heteroatoms. The maximum absolute atomic E-state index is 11.4. The molecule has 112 valence electrons. The quantitative estimate of drug-likeness (QED) is 0.801. The van der Waals surface area contributed by atoms with Gasteiger partial charge in [-0.3, -0.25) is 0 Å². The van der Waals surface area contributed by atoms with Crippen molar-refractivity contribution in [2.45, 2.75) is 38.6 Å². The average molecular weight is 295 g/mol. The van der Waals surface area contributed by atoms with Crippen LogP contribution in [0.1, 0.15) is 30.4 Å². The Kier molecular flexibility index (Phi) is 5.22. The van der Waals surface area contributed by atoms with Gasteiger partial charge in [0.15, 0.2) is 0 Å². The van der Waals surface area contributed by atoms with Crippen molar-refractivity contribution < 1.29 is 8.42 Å². The standard InChI is InChI=1S/C16H25NO2S/c1-13-5-3-4-6-15(13)11-14(9-10-20(2,18)19)12-17-16-7-8-16/h3-6,14,16-17H,7-12H2,1-2H3. The van der Waals surface area contributed by atoms with Crippen molar-refractivity contribution >= 4 is 9.84 Å². The predicted molar refractivity (Wildman–Crippen MR) is 83.7 cm³/mol. The van der Waals surface area contributed by atoms with Gasteiger partial charge in [-0.25, -0.2) is 8.42 Å². The van der Waals surface area contributed by atoms with Crippen LogP contribution in [0.15, 0.2) is 24.3 Å². The molecule has 0 spiro atoms. The molecule has 0 aromatic heterocycles. The number of sulfone groups is 1. The second-order valence-electron chi connectivity index (χ2n) is 6.10. The van der Waals surface area contributed by atoms with Crippen LogP contribution < -0.4 is 5.32 Å². The molecule has 1 aromatic carbocycles. The van der Waals surface area contributed by atoms with E-state index in [4.69, 9.17) is 0 Å². The van der Waals surface area contributed by atoms with E-state index in [0.717, 1.165) is 19.4 Å². The Morgan fingerprint density at radius 1 is 1.30 bits per heavy atom. The molecular formula is C16H25NO2S. The van der Waals surface area contributed by atoms with Crippen LogP contribution >= 0.6 is 0 Å². The molecule has 0 saturated heterocycles. The van der Waals surface area contributed by atoms with E-state index in [-0.39, 0.29) is 5.75 Å². The summed E-state index contributed by atoms with van der Waals surface area (Å²) in [6.07, 6.45) is 5.56. The van der Waals surface area contributed by atoms with Crippen LogP contribution in [-0.4, -0.2) is 33.0 Å². The van der Waals surface area contributed by atoms with Gasteiger partial charge in [0.2, 0.25) is 0 Å². The fourth-order valence-corrected chi connectivity index (χ4v) is 3.19. The molecule has 1 aromatic rings. The highest BCUT2D eigenvalue weighted by molar-refractivity contribution is 7.90. The fraction of sp³-hybridized carbons (Fsp3) is 0.625. The van der Waals surface area contributed by atoms with E-state index >= 15 is 0 Å². The number of hydrogen-bond acceptors (Lipinski definition) is 3. The van der Waals surface area contributed by atoms with Crippen molar-refractivity contribution in [3.8, 4) is 0 Å². The molecule has 0 aliphatic heterocycles. The van der Waals surface area contributed by atoms with E-state index in [2.05, 4.69) is 30.4 Å². The monoisotopic (exact) mass is 295 g/mol.